The highest BCUT2D eigenvalue weighted by Crippen LogP contribution is 2.28. The quantitative estimate of drug-likeness (QED) is 0.576. The molecule has 0 bridgehead atoms. The van der Waals surface area contributed by atoms with E-state index in [-0.39, 0.29) is 16.5 Å². The van der Waals surface area contributed by atoms with Gasteiger partial charge in [-0.05, 0) is 12.1 Å². The third kappa shape index (κ3) is 2.67. The first-order chi connectivity index (χ1) is 11.3. The van der Waals surface area contributed by atoms with Crippen LogP contribution in [0.1, 0.15) is 0 Å². The minimum atomic E-state index is -4.54. The predicted octanol–water partition coefficient (Wildman–Crippen LogP) is 3.59. The van der Waals surface area contributed by atoms with E-state index in [0.29, 0.717) is 5.39 Å². The first kappa shape index (κ1) is 16.2. The third-order valence-electron chi connectivity index (χ3n) is 3.23. The van der Waals surface area contributed by atoms with Gasteiger partial charge in [0.2, 0.25) is 0 Å². The van der Waals surface area contributed by atoms with Gasteiger partial charge in [-0.2, -0.15) is 0 Å². The van der Waals surface area contributed by atoms with Crippen molar-refractivity contribution in [3.63, 3.8) is 0 Å². The maximum Gasteiger partial charge on any atom is 0.264 e. The summed E-state index contributed by atoms with van der Waals surface area (Å²) in [5.74, 6) is -7.12. The molecule has 0 atom stereocenters. The van der Waals surface area contributed by atoms with Gasteiger partial charge < -0.3 is 0 Å². The molecule has 0 spiro atoms. The lowest BCUT2D eigenvalue weighted by Gasteiger charge is -2.12. The van der Waals surface area contributed by atoms with Crippen LogP contribution in [0.25, 0.3) is 10.9 Å². The van der Waals surface area contributed by atoms with Gasteiger partial charge in [-0.3, -0.25) is 9.71 Å². The Morgan fingerprint density at radius 2 is 1.54 bits per heavy atom. The fraction of sp³-hybridized carbons (Fsp3) is 0. The van der Waals surface area contributed by atoms with Gasteiger partial charge in [-0.25, -0.2) is 26.0 Å². The molecule has 2 aromatic carbocycles. The summed E-state index contributed by atoms with van der Waals surface area (Å²) in [6.07, 6.45) is 1.34. The molecule has 0 radical (unpaired) electrons. The Balaban J connectivity index is 2.17. The number of sulfonamides is 1. The molecule has 1 aromatic heterocycles. The highest BCUT2D eigenvalue weighted by atomic mass is 32.2. The second-order valence-electron chi connectivity index (χ2n) is 4.78. The molecular weight excluding hydrogens is 348 g/mol. The molecule has 0 fully saturated rings. The highest BCUT2D eigenvalue weighted by molar-refractivity contribution is 7.93. The monoisotopic (exact) mass is 356 g/mol. The van der Waals surface area contributed by atoms with Crippen LogP contribution in [0.2, 0.25) is 0 Å². The second kappa shape index (κ2) is 5.75. The van der Waals surface area contributed by atoms with Crippen molar-refractivity contribution in [2.75, 3.05) is 4.72 Å². The van der Waals surface area contributed by atoms with Crippen LogP contribution in [-0.2, 0) is 10.0 Å². The van der Waals surface area contributed by atoms with E-state index < -0.39 is 39.0 Å². The van der Waals surface area contributed by atoms with Crippen molar-refractivity contribution in [3.05, 3.63) is 65.9 Å². The topological polar surface area (TPSA) is 59.1 Å². The van der Waals surface area contributed by atoms with E-state index in [9.17, 15) is 26.0 Å². The number of aromatic nitrogens is 1. The summed E-state index contributed by atoms with van der Waals surface area (Å²) in [6, 6.07) is 7.30. The Kier molecular flexibility index (Phi) is 3.88. The SMILES string of the molecule is O=S(=O)(Nc1c(F)c(F)cc(F)c1F)c1cccc2cccnc12. The van der Waals surface area contributed by atoms with Crippen molar-refractivity contribution in [2.24, 2.45) is 0 Å². The van der Waals surface area contributed by atoms with Gasteiger partial charge in [-0.15, -0.1) is 0 Å². The molecule has 9 heteroatoms. The van der Waals surface area contributed by atoms with E-state index >= 15 is 0 Å². The van der Waals surface area contributed by atoms with Gasteiger partial charge in [0, 0.05) is 17.6 Å². The zero-order valence-corrected chi connectivity index (χ0v) is 12.5. The van der Waals surface area contributed by atoms with Gasteiger partial charge in [0.15, 0.2) is 23.3 Å². The summed E-state index contributed by atoms with van der Waals surface area (Å²) in [4.78, 5) is 3.53. The summed E-state index contributed by atoms with van der Waals surface area (Å²) in [6.45, 7) is 0. The summed E-state index contributed by atoms with van der Waals surface area (Å²) in [5, 5.41) is 0.465. The number of benzene rings is 2. The smallest absolute Gasteiger partial charge is 0.264 e. The number of nitrogens with zero attached hydrogens (tertiary/aromatic N) is 1. The van der Waals surface area contributed by atoms with Crippen LogP contribution >= 0.6 is 0 Å². The summed E-state index contributed by atoms with van der Waals surface area (Å²) in [5.41, 5.74) is -1.38. The van der Waals surface area contributed by atoms with Crippen molar-refractivity contribution < 1.29 is 26.0 Å². The molecule has 3 rings (SSSR count). The molecule has 0 saturated heterocycles. The van der Waals surface area contributed by atoms with E-state index in [1.54, 1.807) is 22.9 Å². The number of nitrogens with one attached hydrogen (secondary N) is 1. The van der Waals surface area contributed by atoms with Crippen LogP contribution in [0.15, 0.2) is 47.5 Å². The van der Waals surface area contributed by atoms with Gasteiger partial charge >= 0.3 is 0 Å². The van der Waals surface area contributed by atoms with Crippen LogP contribution in [-0.4, -0.2) is 13.4 Å². The molecule has 4 nitrogen and oxygen atoms in total. The van der Waals surface area contributed by atoms with E-state index in [0.717, 1.165) is 6.07 Å². The van der Waals surface area contributed by atoms with E-state index in [1.165, 1.54) is 12.3 Å². The molecule has 3 aromatic rings. The molecule has 24 heavy (non-hydrogen) atoms. The lowest BCUT2D eigenvalue weighted by atomic mass is 10.2. The molecular formula is C15H8F4N2O2S. The largest absolute Gasteiger partial charge is 0.274 e. The fourth-order valence-electron chi connectivity index (χ4n) is 2.15. The van der Waals surface area contributed by atoms with Crippen LogP contribution < -0.4 is 4.72 Å². The Morgan fingerprint density at radius 3 is 2.21 bits per heavy atom. The second-order valence-corrected chi connectivity index (χ2v) is 6.43. The van der Waals surface area contributed by atoms with Crippen LogP contribution in [0, 0.1) is 23.3 Å². The minimum Gasteiger partial charge on any atom is -0.274 e. The molecule has 0 aliphatic heterocycles. The van der Waals surface area contributed by atoms with Crippen molar-refractivity contribution in [2.45, 2.75) is 4.90 Å². The lowest BCUT2D eigenvalue weighted by molar-refractivity contribution is 0.459. The van der Waals surface area contributed by atoms with Crippen LogP contribution in [0.3, 0.4) is 0 Å². The standard InChI is InChI=1S/C15H8F4N2O2S/c16-9-7-10(17)13(19)15(12(9)18)21-24(22,23)11-5-1-3-8-4-2-6-20-14(8)11/h1-7,21H. The van der Waals surface area contributed by atoms with Crippen molar-refractivity contribution in [1.82, 2.24) is 4.98 Å². The number of rotatable bonds is 3. The molecule has 1 N–H and O–H groups in total. The number of hydrogen-bond acceptors (Lipinski definition) is 3. The van der Waals surface area contributed by atoms with Gasteiger partial charge in [0.05, 0.1) is 5.52 Å². The maximum absolute atomic E-state index is 13.7. The average molecular weight is 356 g/mol. The third-order valence-corrected chi connectivity index (χ3v) is 4.61. The molecule has 1 heterocycles. The fourth-order valence-corrected chi connectivity index (χ4v) is 3.39. The molecule has 0 aliphatic carbocycles. The number of hydrogen-bond donors (Lipinski definition) is 1. The number of anilines is 1. The van der Waals surface area contributed by atoms with Crippen LogP contribution in [0.4, 0.5) is 23.2 Å². The zero-order valence-electron chi connectivity index (χ0n) is 11.7. The first-order valence-electron chi connectivity index (χ1n) is 6.51. The minimum absolute atomic E-state index is 0.0120. The summed E-state index contributed by atoms with van der Waals surface area (Å²) >= 11 is 0. The Bertz CT molecular complexity index is 1020. The Hall–Kier alpha value is -2.68. The zero-order chi connectivity index (χ0) is 17.5. The number of halogens is 4. The van der Waals surface area contributed by atoms with E-state index in [1.807, 2.05) is 0 Å². The highest BCUT2D eigenvalue weighted by Gasteiger charge is 2.25. The summed E-state index contributed by atoms with van der Waals surface area (Å²) in [7, 11) is -4.54. The normalized spacial score (nSPS) is 11.7. The molecule has 0 amide bonds. The molecule has 0 aliphatic rings. The predicted molar refractivity (Wildman–Crippen MR) is 78.8 cm³/mol. The number of pyridine rings is 1. The lowest BCUT2D eigenvalue weighted by Crippen LogP contribution is -2.17. The van der Waals surface area contributed by atoms with E-state index in [2.05, 4.69) is 4.98 Å². The molecule has 0 saturated carbocycles. The van der Waals surface area contributed by atoms with Gasteiger partial charge in [0.1, 0.15) is 10.6 Å². The number of para-hydroxylation sites is 1. The molecule has 124 valence electrons. The van der Waals surface area contributed by atoms with Crippen molar-refractivity contribution >= 4 is 26.6 Å². The number of fused-ring (bicyclic) bond motifs is 1. The van der Waals surface area contributed by atoms with E-state index in [4.69, 9.17) is 0 Å². The van der Waals surface area contributed by atoms with Crippen molar-refractivity contribution in [3.8, 4) is 0 Å². The first-order valence-corrected chi connectivity index (χ1v) is 7.99. The maximum atomic E-state index is 13.7. The molecule has 0 unspecified atom stereocenters. The Labute approximate surface area is 133 Å². The Morgan fingerprint density at radius 1 is 0.917 bits per heavy atom. The summed E-state index contributed by atoms with van der Waals surface area (Å²) < 4.78 is 80.2. The van der Waals surface area contributed by atoms with Crippen LogP contribution in [0.5, 0.6) is 0 Å². The van der Waals surface area contributed by atoms with Crippen molar-refractivity contribution in [1.29, 1.82) is 0 Å². The van der Waals surface area contributed by atoms with Gasteiger partial charge in [-0.1, -0.05) is 18.2 Å². The average Bonchev–Trinajstić information content (AvgIpc) is 2.56. The van der Waals surface area contributed by atoms with Gasteiger partial charge in [0.25, 0.3) is 10.0 Å².